The van der Waals surface area contributed by atoms with Crippen molar-refractivity contribution in [3.63, 3.8) is 0 Å². The van der Waals surface area contributed by atoms with Crippen LogP contribution in [-0.4, -0.2) is 32.6 Å². The predicted molar refractivity (Wildman–Crippen MR) is 393 cm³/mol. The molecule has 0 spiro atoms. The van der Waals surface area contributed by atoms with Gasteiger partial charge in [0.15, 0.2) is 0 Å². The molecule has 0 aliphatic heterocycles. The average molecular weight is 1350 g/mol. The van der Waals surface area contributed by atoms with Gasteiger partial charge in [0.1, 0.15) is 34.6 Å². The van der Waals surface area contributed by atoms with E-state index >= 15 is 8.78 Å². The Morgan fingerprint density at radius 3 is 0.872 bits per heavy atom. The van der Waals surface area contributed by atoms with Crippen molar-refractivity contribution in [3.8, 4) is 56.6 Å². The largest absolute Gasteiger partial charge is 2.00 e. The number of rotatable bonds is 14. The number of fused-ring (bicyclic) bond motifs is 6. The number of phenolic OH excluding ortho intramolecular Hbond substituents is 2. The normalized spacial score (nSPS) is 12.9. The molecule has 0 aliphatic carbocycles. The second kappa shape index (κ2) is 26.4. The molecule has 0 saturated carbocycles. The maximum atomic E-state index is 15.9. The van der Waals surface area contributed by atoms with Gasteiger partial charge in [0, 0.05) is 50.2 Å². The monoisotopic (exact) mass is 1350 g/mol. The van der Waals surface area contributed by atoms with Crippen LogP contribution in [-0.2, 0) is 58.7 Å². The molecular formula is C85H106F2N2O4Zr. The summed E-state index contributed by atoms with van der Waals surface area (Å²) in [5.41, 5.74) is 12.4. The van der Waals surface area contributed by atoms with Crippen LogP contribution in [0.3, 0.4) is 0 Å². The number of aromatic hydroxyl groups is 2. The van der Waals surface area contributed by atoms with Gasteiger partial charge >= 0.3 is 26.2 Å². The summed E-state index contributed by atoms with van der Waals surface area (Å²) < 4.78 is 49.6. The summed E-state index contributed by atoms with van der Waals surface area (Å²) in [6.07, 6.45) is 2.06. The van der Waals surface area contributed by atoms with Gasteiger partial charge in [-0.2, -0.15) is 0 Å². The van der Waals surface area contributed by atoms with Crippen LogP contribution in [0.25, 0.3) is 77.2 Å². The third-order valence-corrected chi connectivity index (χ3v) is 18.4. The molecule has 0 saturated heterocycles. The fourth-order valence-electron chi connectivity index (χ4n) is 14.2. The van der Waals surface area contributed by atoms with Crippen molar-refractivity contribution < 1.29 is 54.7 Å². The number of hydrogen-bond donors (Lipinski definition) is 2. The van der Waals surface area contributed by atoms with Crippen LogP contribution in [0.1, 0.15) is 205 Å². The van der Waals surface area contributed by atoms with Crippen LogP contribution >= 0.6 is 0 Å². The van der Waals surface area contributed by atoms with Gasteiger partial charge in [-0.25, -0.2) is 8.78 Å². The van der Waals surface area contributed by atoms with Gasteiger partial charge in [-0.15, -0.1) is 0 Å². The third-order valence-electron chi connectivity index (χ3n) is 18.4. The van der Waals surface area contributed by atoms with E-state index in [1.54, 1.807) is 12.1 Å². The molecule has 2 heterocycles. The van der Waals surface area contributed by atoms with Crippen LogP contribution in [0.2, 0.25) is 0 Å². The first-order valence-corrected chi connectivity index (χ1v) is 32.8. The van der Waals surface area contributed by atoms with E-state index in [0.717, 1.165) is 67.6 Å². The van der Waals surface area contributed by atoms with E-state index in [1.165, 1.54) is 46.5 Å². The minimum atomic E-state index is -0.462. The number of nitrogens with zero attached hydrogens (tertiary/aromatic N) is 2. The number of benzene rings is 8. The number of hydrogen-bond acceptors (Lipinski definition) is 4. The molecule has 0 radical (unpaired) electrons. The van der Waals surface area contributed by atoms with E-state index in [-0.39, 0.29) is 109 Å². The van der Waals surface area contributed by atoms with Crippen LogP contribution in [0.5, 0.6) is 23.0 Å². The van der Waals surface area contributed by atoms with Crippen molar-refractivity contribution in [3.05, 3.63) is 193 Å². The Balaban J connectivity index is 0.00000417. The van der Waals surface area contributed by atoms with Gasteiger partial charge in [-0.3, -0.25) is 0 Å². The van der Waals surface area contributed by atoms with Crippen molar-refractivity contribution in [2.45, 2.75) is 204 Å². The smallest absolute Gasteiger partial charge is 0.505 e. The minimum Gasteiger partial charge on any atom is -0.505 e. The molecule has 0 amide bonds. The molecule has 94 heavy (non-hydrogen) atoms. The zero-order valence-electron chi connectivity index (χ0n) is 61.1. The van der Waals surface area contributed by atoms with Crippen molar-refractivity contribution in [1.82, 2.24) is 9.13 Å². The van der Waals surface area contributed by atoms with Crippen LogP contribution in [0.15, 0.2) is 133 Å². The van der Waals surface area contributed by atoms with Gasteiger partial charge in [-0.1, -0.05) is 177 Å². The number of ether oxygens (including phenoxy) is 2. The SMILES string of the molecule is CC(C)(C)CC(C)(C)c1cc(-c2cc(F)ccc2OCCCOc2ccc(F)cc2-c2cc(C(C)(C)CC(C)(C)C)cc(-n3c4ccc(C(C)(C)C)cc4c4cc(C(C)(C)C)ccc43)c2O)c(O)c(-n2c3ccc(C(C)(C)C)cc3c3cc(C(C)(C)C)ccc32)c1.[CH3-].[CH3-].[Zr+2]. The van der Waals surface area contributed by atoms with E-state index < -0.39 is 11.6 Å². The topological polar surface area (TPSA) is 68.8 Å². The summed E-state index contributed by atoms with van der Waals surface area (Å²) in [7, 11) is 0. The van der Waals surface area contributed by atoms with Crippen molar-refractivity contribution in [1.29, 1.82) is 0 Å². The fraction of sp³-hybridized carbons (Fsp3) is 0.412. The molecule has 8 aromatic carbocycles. The van der Waals surface area contributed by atoms with Crippen molar-refractivity contribution in [2.24, 2.45) is 10.8 Å². The molecule has 0 aliphatic rings. The second-order valence-corrected chi connectivity index (χ2v) is 34.0. The Morgan fingerprint density at radius 2 is 0.617 bits per heavy atom. The van der Waals surface area contributed by atoms with Crippen LogP contribution in [0, 0.1) is 37.3 Å². The fourth-order valence-corrected chi connectivity index (χ4v) is 14.2. The standard InChI is InChI=1S/C83H100F2N2O4.2CH3.Zr/c1-76(2,3)48-82(19,20)54-42-64(74(88)70(44-54)86-66-30-24-50(78(7,8)9)38-58(66)59-39-51(79(10,11)12)25-31-67(59)86)62-46-56(84)28-34-72(62)90-36-23-37-91-73-35-29-57(85)47-63(73)65-43-55(83(21,22)49-77(4,5)6)45-71(75(65)89)87-68-32-26-52(80(13,14)15)40-60(68)61-41-53(81(16,17)18)27-33-69(61)87;;;/h24-35,38-47,88-89H,23,36-37,48-49H2,1-22H3;2*1H3;/q;2*-1;+2. The van der Waals surface area contributed by atoms with Crippen molar-refractivity contribution in [2.75, 3.05) is 13.2 Å². The van der Waals surface area contributed by atoms with E-state index in [4.69, 9.17) is 9.47 Å². The van der Waals surface area contributed by atoms with Crippen molar-refractivity contribution >= 4 is 43.6 Å². The quantitative estimate of drug-likeness (QED) is 0.0841. The molecule has 6 nitrogen and oxygen atoms in total. The van der Waals surface area contributed by atoms with E-state index in [0.29, 0.717) is 51.5 Å². The molecule has 9 heteroatoms. The molecule has 10 rings (SSSR count). The molecule has 0 atom stereocenters. The van der Waals surface area contributed by atoms with E-state index in [2.05, 4.69) is 246 Å². The number of phenols is 2. The molecule has 2 N–H and O–H groups in total. The summed E-state index contributed by atoms with van der Waals surface area (Å²) in [6, 6.07) is 43.9. The maximum absolute atomic E-state index is 15.9. The molecule has 0 bridgehead atoms. The summed E-state index contributed by atoms with van der Waals surface area (Å²) >= 11 is 0. The molecule has 0 unspecified atom stereocenters. The van der Waals surface area contributed by atoms with Gasteiger partial charge in [-0.05, 0) is 199 Å². The predicted octanol–water partition coefficient (Wildman–Crippen LogP) is 24.3. The second-order valence-electron chi connectivity index (χ2n) is 34.0. The third kappa shape index (κ3) is 15.3. The zero-order valence-corrected chi connectivity index (χ0v) is 63.6. The summed E-state index contributed by atoms with van der Waals surface area (Å²) in [5, 5.41) is 30.4. The molecule has 0 fully saturated rings. The maximum Gasteiger partial charge on any atom is 2.00 e. The van der Waals surface area contributed by atoms with Gasteiger partial charge in [0.25, 0.3) is 0 Å². The van der Waals surface area contributed by atoms with Gasteiger partial charge in [0.05, 0.1) is 46.7 Å². The number of aromatic nitrogens is 2. The van der Waals surface area contributed by atoms with Crippen LogP contribution < -0.4 is 9.47 Å². The first-order chi connectivity index (χ1) is 42.0. The zero-order chi connectivity index (χ0) is 66.7. The summed E-state index contributed by atoms with van der Waals surface area (Å²) in [5.74, 6) is -0.0900. The van der Waals surface area contributed by atoms with Gasteiger partial charge < -0.3 is 43.7 Å². The molecule has 498 valence electrons. The first kappa shape index (κ1) is 74.7. The Morgan fingerprint density at radius 1 is 0.340 bits per heavy atom. The Kier molecular flexibility index (Phi) is 21.0. The average Bonchev–Trinajstić information content (AvgIpc) is 1.55. The Bertz CT molecular complexity index is 4010. The summed E-state index contributed by atoms with van der Waals surface area (Å²) in [4.78, 5) is 0. The number of halogens is 2. The summed E-state index contributed by atoms with van der Waals surface area (Å²) in [6.45, 7) is 49.5. The van der Waals surface area contributed by atoms with E-state index in [1.807, 2.05) is 12.1 Å². The van der Waals surface area contributed by atoms with E-state index in [9.17, 15) is 10.2 Å². The Hall–Kier alpha value is -6.70. The Labute approximate surface area is 581 Å². The minimum absolute atomic E-state index is 0. The van der Waals surface area contributed by atoms with Crippen LogP contribution in [0.4, 0.5) is 8.78 Å². The molecule has 2 aromatic heterocycles. The molecular weight excluding hydrogens is 1240 g/mol. The first-order valence-electron chi connectivity index (χ1n) is 32.8. The molecule has 10 aromatic rings. The van der Waals surface area contributed by atoms with Gasteiger partial charge in [0.2, 0.25) is 0 Å².